The number of thiophene rings is 1. The van der Waals surface area contributed by atoms with Gasteiger partial charge in [-0.15, -0.1) is 16.4 Å². The number of carbonyl (C=O) groups excluding carboxylic acids is 1. The Morgan fingerprint density at radius 2 is 2.04 bits per heavy atom. The third-order valence-corrected chi connectivity index (χ3v) is 13.4. The number of nitrogen functional groups attached to an aromatic ring is 1. The van der Waals surface area contributed by atoms with Crippen LogP contribution < -0.4 is 15.4 Å². The van der Waals surface area contributed by atoms with Gasteiger partial charge in [-0.25, -0.2) is 22.9 Å². The van der Waals surface area contributed by atoms with Crippen molar-refractivity contribution in [1.29, 1.82) is 5.26 Å². The number of carbonyl (C=O) groups is 1. The van der Waals surface area contributed by atoms with Gasteiger partial charge in [0, 0.05) is 54.4 Å². The normalized spacial score (nSPS) is 25.1. The molecule has 2 aromatic carbocycles. The first-order chi connectivity index (χ1) is 26.4. The molecule has 4 fully saturated rings. The second-order valence-corrected chi connectivity index (χ2v) is 17.0. The number of aromatic nitrogens is 5. The Labute approximate surface area is 327 Å². The molecular weight excluding hydrogens is 776 g/mol. The van der Waals surface area contributed by atoms with Gasteiger partial charge in [-0.1, -0.05) is 31.5 Å². The van der Waals surface area contributed by atoms with Gasteiger partial charge in [-0.3, -0.25) is 4.90 Å². The monoisotopic (exact) mass is 810 g/mol. The van der Waals surface area contributed by atoms with Crippen molar-refractivity contribution in [3.8, 4) is 23.2 Å². The van der Waals surface area contributed by atoms with Gasteiger partial charge in [0.25, 0.3) is 0 Å². The lowest BCUT2D eigenvalue weighted by Gasteiger charge is -2.31. The molecule has 0 bridgehead atoms. The molecule has 0 spiro atoms. The van der Waals surface area contributed by atoms with Gasteiger partial charge in [-0.05, 0) is 61.0 Å². The van der Waals surface area contributed by atoms with E-state index in [0.29, 0.717) is 43.7 Å². The minimum atomic E-state index is -0.979. The van der Waals surface area contributed by atoms with Gasteiger partial charge < -0.3 is 20.3 Å². The summed E-state index contributed by atoms with van der Waals surface area (Å²) in [4.78, 5) is 33.2. The van der Waals surface area contributed by atoms with E-state index < -0.39 is 23.3 Å². The Kier molecular flexibility index (Phi) is 8.80. The van der Waals surface area contributed by atoms with E-state index in [1.54, 1.807) is 11.0 Å². The molecule has 55 heavy (non-hydrogen) atoms. The Balaban J connectivity index is 1.18. The number of benzene rings is 2. The molecule has 7 heterocycles. The second kappa shape index (κ2) is 13.4. The van der Waals surface area contributed by atoms with E-state index in [1.807, 2.05) is 6.07 Å². The summed E-state index contributed by atoms with van der Waals surface area (Å²) < 4.78 is 54.7. The molecule has 3 aromatic heterocycles. The Morgan fingerprint density at radius 3 is 2.78 bits per heavy atom. The number of nitrogens with zero attached hydrogens (tertiary/aromatic N) is 9. The van der Waals surface area contributed by atoms with Crippen molar-refractivity contribution >= 4 is 72.4 Å². The van der Waals surface area contributed by atoms with Crippen LogP contribution in [-0.2, 0) is 0 Å². The van der Waals surface area contributed by atoms with Crippen LogP contribution in [-0.4, -0.2) is 97.1 Å². The zero-order valence-electron chi connectivity index (χ0n) is 29.8. The molecule has 5 atom stereocenters. The molecule has 286 valence electrons. The Bertz CT molecular complexity index is 2440. The molecule has 18 heteroatoms. The van der Waals surface area contributed by atoms with Crippen LogP contribution in [0.3, 0.4) is 0 Å². The molecule has 1 amide bonds. The van der Waals surface area contributed by atoms with Crippen molar-refractivity contribution in [2.24, 2.45) is 11.8 Å². The van der Waals surface area contributed by atoms with Crippen LogP contribution in [0.4, 0.5) is 28.8 Å². The predicted molar refractivity (Wildman–Crippen MR) is 203 cm³/mol. The number of alkyl halides is 1. The number of hydrogen-bond acceptors (Lipinski definition) is 11. The van der Waals surface area contributed by atoms with Gasteiger partial charge in [0.15, 0.2) is 5.82 Å². The largest absolute Gasteiger partial charge is 0.461 e. The molecule has 12 nitrogen and oxygen atoms in total. The van der Waals surface area contributed by atoms with Crippen molar-refractivity contribution in [3.63, 3.8) is 0 Å². The second-order valence-electron chi connectivity index (χ2n) is 15.2. The van der Waals surface area contributed by atoms with Crippen LogP contribution >= 0.6 is 34.5 Å². The highest BCUT2D eigenvalue weighted by molar-refractivity contribution is 7.23. The van der Waals surface area contributed by atoms with Crippen molar-refractivity contribution < 1.29 is 22.7 Å². The summed E-state index contributed by atoms with van der Waals surface area (Å²) in [6.07, 6.45) is 3.00. The number of hydrogen-bond donors (Lipinski definition) is 1. The number of ether oxygens (including phenoxy) is 1. The van der Waals surface area contributed by atoms with Crippen LogP contribution in [0.25, 0.3) is 32.1 Å². The van der Waals surface area contributed by atoms with Crippen LogP contribution in [0.2, 0.25) is 10.3 Å². The fraction of sp³-hybridized carbons (Fsp3) is 0.459. The highest BCUT2D eigenvalue weighted by atomic mass is 35.5. The number of fused-ring (bicyclic) bond motifs is 4. The van der Waals surface area contributed by atoms with Gasteiger partial charge in [0.1, 0.15) is 47.3 Å². The molecule has 0 aliphatic carbocycles. The molecular formula is C37H35Cl2F3N10O2S. The lowest BCUT2D eigenvalue weighted by Crippen LogP contribution is -2.44. The van der Waals surface area contributed by atoms with Crippen LogP contribution in [0.15, 0.2) is 24.5 Å². The third kappa shape index (κ3) is 5.68. The van der Waals surface area contributed by atoms with Gasteiger partial charge in [0.2, 0.25) is 5.28 Å². The summed E-state index contributed by atoms with van der Waals surface area (Å²) in [5.41, 5.74) is 5.63. The molecule has 4 aliphatic rings. The average molecular weight is 812 g/mol. The molecule has 4 aliphatic heterocycles. The summed E-state index contributed by atoms with van der Waals surface area (Å²) in [5.74, 6) is -0.923. The summed E-state index contributed by atoms with van der Waals surface area (Å²) >= 11 is 13.8. The van der Waals surface area contributed by atoms with E-state index in [0.717, 1.165) is 35.4 Å². The minimum Gasteiger partial charge on any atom is -0.461 e. The quantitative estimate of drug-likeness (QED) is 0.186. The van der Waals surface area contributed by atoms with E-state index in [1.165, 1.54) is 18.5 Å². The van der Waals surface area contributed by atoms with Crippen LogP contribution in [0, 0.1) is 34.8 Å². The summed E-state index contributed by atoms with van der Waals surface area (Å²) in [5, 5.41) is 14.5. The Morgan fingerprint density at radius 1 is 1.22 bits per heavy atom. The summed E-state index contributed by atoms with van der Waals surface area (Å²) in [7, 11) is 0. The highest BCUT2D eigenvalue weighted by Gasteiger charge is 2.52. The van der Waals surface area contributed by atoms with Gasteiger partial charge in [0.05, 0.1) is 26.9 Å². The predicted octanol–water partition coefficient (Wildman–Crippen LogP) is 7.30. The number of amides is 1. The van der Waals surface area contributed by atoms with Crippen LogP contribution in [0.5, 0.6) is 6.01 Å². The molecule has 4 saturated heterocycles. The number of likely N-dealkylation sites (tertiary alicyclic amines) is 1. The maximum atomic E-state index is 17.3. The van der Waals surface area contributed by atoms with Gasteiger partial charge in [-0.2, -0.15) is 19.9 Å². The summed E-state index contributed by atoms with van der Waals surface area (Å²) in [6, 6.07) is 5.36. The number of rotatable bonds is 6. The zero-order valence-corrected chi connectivity index (χ0v) is 32.1. The molecule has 9 rings (SSSR count). The van der Waals surface area contributed by atoms with E-state index in [2.05, 4.69) is 38.7 Å². The fourth-order valence-corrected chi connectivity index (χ4v) is 11.1. The van der Waals surface area contributed by atoms with E-state index in [9.17, 15) is 14.4 Å². The standard InChI is InChI=1S/C37H35Cl2F3N10O2S/c1-17(2)30-19-6-9-50(25(19)14-51(30)36(53)52-16-45-34(39)48-52)33-21-10-23(38)27(20-4-5-24(41)31-26(20)22(12-43)32(44)55-31)28(42)29(21)46-35(47-33)54-15-37-7-3-8-49(37)13-18(40)11-37/h4-5,10,16-19,25,30H,3,6-9,11,13-15,44H2,1-2H3/t18-,19?,25?,30?,37+/m1/s1. The number of nitrogens with two attached hydrogens (primary N) is 1. The zero-order chi connectivity index (χ0) is 38.5. The smallest absolute Gasteiger partial charge is 0.346 e. The number of anilines is 2. The first kappa shape index (κ1) is 36.2. The number of nitriles is 1. The lowest BCUT2D eigenvalue weighted by atomic mass is 9.88. The van der Waals surface area contributed by atoms with E-state index in [-0.39, 0.29) is 90.2 Å². The average Bonchev–Trinajstić information content (AvgIpc) is 3.99. The Hall–Kier alpha value is -4.43. The van der Waals surface area contributed by atoms with Gasteiger partial charge >= 0.3 is 12.0 Å². The van der Waals surface area contributed by atoms with Crippen molar-refractivity contribution in [1.82, 2.24) is 34.5 Å². The molecule has 5 aromatic rings. The van der Waals surface area contributed by atoms with Crippen LogP contribution in [0.1, 0.15) is 45.1 Å². The van der Waals surface area contributed by atoms with Crippen molar-refractivity contribution in [2.45, 2.75) is 63.3 Å². The van der Waals surface area contributed by atoms with Crippen molar-refractivity contribution in [3.05, 3.63) is 52.0 Å². The van der Waals surface area contributed by atoms with Crippen molar-refractivity contribution in [2.75, 3.05) is 43.4 Å². The summed E-state index contributed by atoms with van der Waals surface area (Å²) in [6.45, 7) is 6.20. The van der Waals surface area contributed by atoms with E-state index in [4.69, 9.17) is 38.7 Å². The number of halogens is 5. The molecule has 0 radical (unpaired) electrons. The van der Waals surface area contributed by atoms with E-state index >= 15 is 8.78 Å². The SMILES string of the molecule is CC(C)C1C2CCN(c3nc(OC[C@@]45CCCN4C[C@H](F)C5)nc4c(F)c(-c5ccc(F)c6sc(N)c(C#N)c56)c(Cl)cc34)C2CN1C(=O)n1cnc(Cl)n1. The third-order valence-electron chi connectivity index (χ3n) is 11.9. The molecule has 2 N–H and O–H groups in total. The first-order valence-corrected chi connectivity index (χ1v) is 19.7. The molecule has 3 unspecified atom stereocenters. The molecule has 0 saturated carbocycles. The topological polar surface area (TPSA) is 142 Å². The maximum Gasteiger partial charge on any atom is 0.346 e. The minimum absolute atomic E-state index is 0.00684. The first-order valence-electron chi connectivity index (χ1n) is 18.2. The maximum absolute atomic E-state index is 17.3. The lowest BCUT2D eigenvalue weighted by molar-refractivity contribution is 0.107. The fourth-order valence-electron chi connectivity index (χ4n) is 9.70. The highest BCUT2D eigenvalue weighted by Crippen LogP contribution is 2.48.